The predicted molar refractivity (Wildman–Crippen MR) is 55.7 cm³/mol. The highest BCUT2D eigenvalue weighted by atomic mass is 35.5. The summed E-state index contributed by atoms with van der Waals surface area (Å²) in [7, 11) is 0. The van der Waals surface area contributed by atoms with Crippen molar-refractivity contribution in [2.75, 3.05) is 0 Å². The van der Waals surface area contributed by atoms with Crippen molar-refractivity contribution in [3.8, 4) is 11.5 Å². The molecular weight excluding hydrogens is 200 g/mol. The predicted octanol–water partition coefficient (Wildman–Crippen LogP) is 2.88. The van der Waals surface area contributed by atoms with Crippen LogP contribution in [0.3, 0.4) is 0 Å². The van der Waals surface area contributed by atoms with Gasteiger partial charge in [0.15, 0.2) is 11.5 Å². The van der Waals surface area contributed by atoms with E-state index in [1.165, 1.54) is 6.07 Å². The second-order valence-corrected chi connectivity index (χ2v) is 4.15. The van der Waals surface area contributed by atoms with Crippen molar-refractivity contribution in [3.63, 3.8) is 0 Å². The van der Waals surface area contributed by atoms with Gasteiger partial charge in [-0.1, -0.05) is 24.2 Å². The molecule has 2 N–H and O–H groups in total. The van der Waals surface area contributed by atoms with E-state index in [1.807, 2.05) is 0 Å². The van der Waals surface area contributed by atoms with Crippen molar-refractivity contribution in [3.05, 3.63) is 35.4 Å². The normalized spacial score (nSPS) is 17.8. The minimum Gasteiger partial charge on any atom is -0.504 e. The Morgan fingerprint density at radius 3 is 2.36 bits per heavy atom. The second kappa shape index (κ2) is 2.92. The number of halogens is 1. The van der Waals surface area contributed by atoms with E-state index in [1.54, 1.807) is 12.1 Å². The molecule has 2 nitrogen and oxygen atoms in total. The molecule has 0 amide bonds. The Morgan fingerprint density at radius 2 is 1.93 bits per heavy atom. The third kappa shape index (κ3) is 1.26. The molecule has 0 aliphatic heterocycles. The summed E-state index contributed by atoms with van der Waals surface area (Å²) in [4.78, 5) is 0. The number of hydrogen-bond acceptors (Lipinski definition) is 2. The smallest absolute Gasteiger partial charge is 0.157 e. The molecular formula is C11H11ClO2. The van der Waals surface area contributed by atoms with E-state index in [4.69, 9.17) is 16.7 Å². The van der Waals surface area contributed by atoms with Crippen molar-refractivity contribution in [1.29, 1.82) is 0 Å². The quantitative estimate of drug-likeness (QED) is 0.737. The Morgan fingerprint density at radius 1 is 1.29 bits per heavy atom. The van der Waals surface area contributed by atoms with Gasteiger partial charge in [0.25, 0.3) is 0 Å². The Kier molecular flexibility index (Phi) is 1.96. The van der Waals surface area contributed by atoms with Crippen molar-refractivity contribution in [1.82, 2.24) is 0 Å². The van der Waals surface area contributed by atoms with Crippen LogP contribution >= 0.6 is 11.6 Å². The van der Waals surface area contributed by atoms with E-state index in [9.17, 15) is 5.11 Å². The Hall–Kier alpha value is -1.15. The van der Waals surface area contributed by atoms with E-state index in [-0.39, 0.29) is 16.9 Å². The molecule has 1 aliphatic rings. The first-order chi connectivity index (χ1) is 6.56. The first-order valence-electron chi connectivity index (χ1n) is 4.43. The molecule has 0 bridgehead atoms. The van der Waals surface area contributed by atoms with Gasteiger partial charge in [-0.25, -0.2) is 0 Å². The fourth-order valence-electron chi connectivity index (χ4n) is 1.66. The maximum absolute atomic E-state index is 9.35. The monoisotopic (exact) mass is 210 g/mol. The zero-order valence-corrected chi connectivity index (χ0v) is 8.38. The van der Waals surface area contributed by atoms with Crippen LogP contribution in [-0.4, -0.2) is 10.2 Å². The number of rotatable bonds is 2. The molecule has 0 atom stereocenters. The standard InChI is InChI=1S/C11H11ClO2/c1-7(12)11(4-5-11)8-2-3-9(13)10(14)6-8/h2-3,6,13-14H,1,4-5H2. The molecule has 0 spiro atoms. The molecule has 1 fully saturated rings. The van der Waals surface area contributed by atoms with Crippen molar-refractivity contribution in [2.24, 2.45) is 0 Å². The number of hydrogen-bond donors (Lipinski definition) is 2. The number of phenolic OH excluding ortho intramolecular Hbond substituents is 2. The van der Waals surface area contributed by atoms with E-state index in [0.29, 0.717) is 5.03 Å². The molecule has 2 rings (SSSR count). The Balaban J connectivity index is 2.43. The summed E-state index contributed by atoms with van der Waals surface area (Å²) in [6, 6.07) is 4.80. The fourth-order valence-corrected chi connectivity index (χ4v) is 1.96. The SMILES string of the molecule is C=C(Cl)C1(c2ccc(O)c(O)c2)CC1. The first-order valence-corrected chi connectivity index (χ1v) is 4.81. The van der Waals surface area contributed by atoms with Gasteiger partial charge in [0.2, 0.25) is 0 Å². The van der Waals surface area contributed by atoms with Crippen LogP contribution in [0, 0.1) is 0 Å². The highest BCUT2D eigenvalue weighted by Gasteiger charge is 2.46. The van der Waals surface area contributed by atoms with Crippen LogP contribution in [0.2, 0.25) is 0 Å². The lowest BCUT2D eigenvalue weighted by atomic mass is 9.95. The van der Waals surface area contributed by atoms with Gasteiger partial charge in [-0.05, 0) is 30.5 Å². The first kappa shape index (κ1) is 9.41. The Labute approximate surface area is 87.5 Å². The van der Waals surface area contributed by atoms with E-state index in [0.717, 1.165) is 18.4 Å². The van der Waals surface area contributed by atoms with Crippen LogP contribution in [0.15, 0.2) is 29.8 Å². The third-order valence-electron chi connectivity index (χ3n) is 2.80. The number of phenols is 2. The highest BCUT2D eigenvalue weighted by Crippen LogP contribution is 2.55. The van der Waals surface area contributed by atoms with Crippen molar-refractivity contribution >= 4 is 11.6 Å². The topological polar surface area (TPSA) is 40.5 Å². The average molecular weight is 211 g/mol. The fraction of sp³-hybridized carbons (Fsp3) is 0.273. The van der Waals surface area contributed by atoms with Crippen LogP contribution in [0.4, 0.5) is 0 Å². The molecule has 0 aromatic heterocycles. The Bertz CT molecular complexity index is 394. The molecule has 1 aromatic rings. The summed E-state index contributed by atoms with van der Waals surface area (Å²) in [6.45, 7) is 3.74. The maximum Gasteiger partial charge on any atom is 0.157 e. The van der Waals surface area contributed by atoms with Crippen molar-refractivity contribution in [2.45, 2.75) is 18.3 Å². The summed E-state index contributed by atoms with van der Waals surface area (Å²) in [5, 5.41) is 19.1. The molecule has 0 saturated heterocycles. The molecule has 74 valence electrons. The van der Waals surface area contributed by atoms with E-state index >= 15 is 0 Å². The number of allylic oxidation sites excluding steroid dienone is 1. The second-order valence-electron chi connectivity index (χ2n) is 3.69. The molecule has 0 unspecified atom stereocenters. The minimum absolute atomic E-state index is 0.105. The highest BCUT2D eigenvalue weighted by molar-refractivity contribution is 6.30. The average Bonchev–Trinajstić information content (AvgIpc) is 2.90. The van der Waals surface area contributed by atoms with Gasteiger partial charge < -0.3 is 10.2 Å². The maximum atomic E-state index is 9.35. The largest absolute Gasteiger partial charge is 0.504 e. The van der Waals surface area contributed by atoms with Crippen LogP contribution in [0.5, 0.6) is 11.5 Å². The molecule has 0 heterocycles. The number of aromatic hydroxyl groups is 2. The summed E-state index contributed by atoms with van der Waals surface area (Å²) >= 11 is 5.92. The summed E-state index contributed by atoms with van der Waals surface area (Å²) in [6.07, 6.45) is 1.92. The van der Waals surface area contributed by atoms with Gasteiger partial charge >= 0.3 is 0 Å². The van der Waals surface area contributed by atoms with E-state index < -0.39 is 0 Å². The van der Waals surface area contributed by atoms with Gasteiger partial charge in [-0.2, -0.15) is 0 Å². The summed E-state index contributed by atoms with van der Waals surface area (Å²) in [5.41, 5.74) is 0.750. The van der Waals surface area contributed by atoms with Crippen molar-refractivity contribution < 1.29 is 10.2 Å². The minimum atomic E-state index is -0.174. The lowest BCUT2D eigenvalue weighted by Gasteiger charge is -2.14. The molecule has 3 heteroatoms. The molecule has 14 heavy (non-hydrogen) atoms. The van der Waals surface area contributed by atoms with Gasteiger partial charge in [0, 0.05) is 10.4 Å². The zero-order valence-electron chi connectivity index (χ0n) is 7.63. The van der Waals surface area contributed by atoms with Crippen LogP contribution in [0.1, 0.15) is 18.4 Å². The van der Waals surface area contributed by atoms with Crippen LogP contribution < -0.4 is 0 Å². The summed E-state index contributed by atoms with van der Waals surface area (Å²) in [5.74, 6) is -0.212. The molecule has 1 aliphatic carbocycles. The zero-order chi connectivity index (χ0) is 10.3. The van der Waals surface area contributed by atoms with E-state index in [2.05, 4.69) is 6.58 Å². The summed E-state index contributed by atoms with van der Waals surface area (Å²) < 4.78 is 0. The lowest BCUT2D eigenvalue weighted by molar-refractivity contribution is 0.403. The molecule has 1 aromatic carbocycles. The van der Waals surface area contributed by atoms with Gasteiger partial charge in [0.1, 0.15) is 0 Å². The number of benzene rings is 1. The van der Waals surface area contributed by atoms with Gasteiger partial charge in [-0.15, -0.1) is 0 Å². The van der Waals surface area contributed by atoms with Gasteiger partial charge in [0.05, 0.1) is 0 Å². The lowest BCUT2D eigenvalue weighted by Crippen LogP contribution is -2.05. The van der Waals surface area contributed by atoms with Gasteiger partial charge in [-0.3, -0.25) is 0 Å². The molecule has 0 radical (unpaired) electrons. The molecule has 1 saturated carbocycles. The van der Waals surface area contributed by atoms with Crippen LogP contribution in [-0.2, 0) is 5.41 Å². The third-order valence-corrected chi connectivity index (χ3v) is 3.16. The van der Waals surface area contributed by atoms with Crippen LogP contribution in [0.25, 0.3) is 0 Å².